The third kappa shape index (κ3) is 3.73. The van der Waals surface area contributed by atoms with Crippen LogP contribution in [0.4, 0.5) is 11.4 Å². The average Bonchev–Trinajstić information content (AvgIpc) is 3.10. The number of nitrogens with one attached hydrogen (secondary N) is 1. The minimum Gasteiger partial charge on any atom is -0.482 e. The molecule has 6 heteroatoms. The molecule has 1 N–H and O–H groups in total. The molecule has 4 rings (SSSR count). The van der Waals surface area contributed by atoms with Gasteiger partial charge in [0.05, 0.1) is 17.1 Å². The Bertz CT molecular complexity index is 1080. The van der Waals surface area contributed by atoms with Gasteiger partial charge in [-0.1, -0.05) is 31.5 Å². The highest BCUT2D eigenvalue weighted by atomic mass is 32.1. The highest BCUT2D eigenvalue weighted by molar-refractivity contribution is 7.07. The molecule has 3 aromatic rings. The van der Waals surface area contributed by atoms with Gasteiger partial charge in [-0.05, 0) is 43.2 Å². The fourth-order valence-corrected chi connectivity index (χ4v) is 4.16. The number of nitrogens with zero attached hydrogens (tertiary/aromatic N) is 2. The quantitative estimate of drug-likeness (QED) is 0.671. The Morgan fingerprint density at radius 2 is 2.11 bits per heavy atom. The number of fused-ring (bicyclic) bond motifs is 1. The van der Waals surface area contributed by atoms with Crippen LogP contribution in [0.1, 0.15) is 25.3 Å². The Hall–Kier alpha value is -2.86. The van der Waals surface area contributed by atoms with Crippen molar-refractivity contribution < 1.29 is 9.53 Å². The maximum atomic E-state index is 11.7. The number of hydrogen-bond acceptors (Lipinski definition) is 4. The number of rotatable bonds is 5. The van der Waals surface area contributed by atoms with Crippen molar-refractivity contribution in [2.75, 3.05) is 11.9 Å². The number of amides is 1. The lowest BCUT2D eigenvalue weighted by Gasteiger charge is -2.19. The van der Waals surface area contributed by atoms with Crippen molar-refractivity contribution in [3.05, 3.63) is 58.2 Å². The van der Waals surface area contributed by atoms with Crippen LogP contribution in [0, 0.1) is 6.92 Å². The van der Waals surface area contributed by atoms with Gasteiger partial charge in [0.15, 0.2) is 11.4 Å². The third-order valence-corrected chi connectivity index (χ3v) is 5.64. The molecule has 5 nitrogen and oxygen atoms in total. The molecule has 0 atom stereocenters. The zero-order chi connectivity index (χ0) is 19.5. The lowest BCUT2D eigenvalue weighted by molar-refractivity contribution is -0.118. The Morgan fingerprint density at radius 1 is 1.25 bits per heavy atom. The lowest BCUT2D eigenvalue weighted by Crippen LogP contribution is -2.25. The number of aryl methyl sites for hydroxylation is 1. The van der Waals surface area contributed by atoms with Crippen molar-refractivity contribution in [1.29, 1.82) is 0 Å². The number of ether oxygens (including phenoxy) is 1. The largest absolute Gasteiger partial charge is 0.482 e. The van der Waals surface area contributed by atoms with E-state index < -0.39 is 0 Å². The number of aromatic nitrogens is 1. The summed E-state index contributed by atoms with van der Waals surface area (Å²) in [6, 6.07) is 14.1. The molecule has 1 amide bonds. The van der Waals surface area contributed by atoms with E-state index in [9.17, 15) is 4.79 Å². The molecular formula is C22H23N3O2S. The van der Waals surface area contributed by atoms with Gasteiger partial charge in [-0.3, -0.25) is 4.79 Å². The number of unbranched alkanes of at least 4 members (excludes halogenated alkanes) is 1. The van der Waals surface area contributed by atoms with Crippen molar-refractivity contribution in [3.8, 4) is 17.0 Å². The van der Waals surface area contributed by atoms with E-state index in [4.69, 9.17) is 9.73 Å². The molecule has 1 aliphatic rings. The number of benzene rings is 2. The summed E-state index contributed by atoms with van der Waals surface area (Å²) in [7, 11) is 0. The third-order valence-electron chi connectivity index (χ3n) is 4.77. The van der Waals surface area contributed by atoms with Gasteiger partial charge in [-0.2, -0.15) is 0 Å². The normalized spacial score (nSPS) is 13.8. The Morgan fingerprint density at radius 3 is 2.93 bits per heavy atom. The van der Waals surface area contributed by atoms with Crippen molar-refractivity contribution in [1.82, 2.24) is 4.57 Å². The van der Waals surface area contributed by atoms with Crippen molar-refractivity contribution in [3.63, 3.8) is 0 Å². The van der Waals surface area contributed by atoms with Crippen LogP contribution in [0.5, 0.6) is 5.75 Å². The van der Waals surface area contributed by atoms with Crippen LogP contribution >= 0.6 is 11.3 Å². The SMILES string of the molecule is CCCCn1c(-c2ccc3c(c2)NC(=O)CO3)csc1=Nc1ccccc1C. The van der Waals surface area contributed by atoms with Gasteiger partial charge in [0.1, 0.15) is 5.75 Å². The van der Waals surface area contributed by atoms with Gasteiger partial charge < -0.3 is 14.6 Å². The van der Waals surface area contributed by atoms with Gasteiger partial charge in [0.2, 0.25) is 0 Å². The first-order valence-corrected chi connectivity index (χ1v) is 10.4. The predicted octanol–water partition coefficient (Wildman–Crippen LogP) is 4.89. The standard InChI is InChI=1S/C22H23N3O2S/c1-3-4-11-25-19(14-28-22(25)24-17-8-6-5-7-15(17)2)16-9-10-20-18(12-16)23-21(26)13-27-20/h5-10,12,14H,3-4,11,13H2,1-2H3,(H,23,26). The number of thiazole rings is 1. The second kappa shape index (κ2) is 8.02. The Labute approximate surface area is 168 Å². The van der Waals surface area contributed by atoms with E-state index in [1.165, 1.54) is 0 Å². The molecule has 0 fully saturated rings. The molecule has 1 aliphatic heterocycles. The van der Waals surface area contributed by atoms with Crippen molar-refractivity contribution in [2.24, 2.45) is 4.99 Å². The second-order valence-corrected chi connectivity index (χ2v) is 7.69. The minimum absolute atomic E-state index is 0.0702. The molecule has 0 spiro atoms. The topological polar surface area (TPSA) is 55.6 Å². The predicted molar refractivity (Wildman–Crippen MR) is 113 cm³/mol. The van der Waals surface area contributed by atoms with E-state index in [1.54, 1.807) is 11.3 Å². The molecular weight excluding hydrogens is 370 g/mol. The summed E-state index contributed by atoms with van der Waals surface area (Å²) in [5.41, 5.74) is 5.02. The van der Waals surface area contributed by atoms with E-state index in [2.05, 4.69) is 35.2 Å². The summed E-state index contributed by atoms with van der Waals surface area (Å²) in [4.78, 5) is 17.6. The summed E-state index contributed by atoms with van der Waals surface area (Å²) in [5.74, 6) is 0.590. The summed E-state index contributed by atoms with van der Waals surface area (Å²) >= 11 is 1.64. The second-order valence-electron chi connectivity index (χ2n) is 6.85. The number of anilines is 1. The smallest absolute Gasteiger partial charge is 0.262 e. The van der Waals surface area contributed by atoms with Gasteiger partial charge in [0, 0.05) is 17.5 Å². The molecule has 0 saturated heterocycles. The summed E-state index contributed by atoms with van der Waals surface area (Å²) in [6.07, 6.45) is 2.19. The molecule has 144 valence electrons. The van der Waals surface area contributed by atoms with Crippen LogP contribution in [0.3, 0.4) is 0 Å². The van der Waals surface area contributed by atoms with Crippen LogP contribution in [0.25, 0.3) is 11.3 Å². The highest BCUT2D eigenvalue weighted by Gasteiger charge is 2.17. The van der Waals surface area contributed by atoms with Gasteiger partial charge >= 0.3 is 0 Å². The fraction of sp³-hybridized carbons (Fsp3) is 0.273. The maximum Gasteiger partial charge on any atom is 0.262 e. The summed E-state index contributed by atoms with van der Waals surface area (Å²) in [5, 5.41) is 5.03. The highest BCUT2D eigenvalue weighted by Crippen LogP contribution is 2.33. The molecule has 2 heterocycles. The minimum atomic E-state index is -0.121. The Kier molecular flexibility index (Phi) is 5.30. The molecule has 0 unspecified atom stereocenters. The molecule has 1 aromatic heterocycles. The number of carbonyl (C=O) groups excluding carboxylic acids is 1. The number of hydrogen-bond donors (Lipinski definition) is 1. The molecule has 0 bridgehead atoms. The summed E-state index contributed by atoms with van der Waals surface area (Å²) < 4.78 is 7.76. The molecule has 2 aromatic carbocycles. The van der Waals surface area contributed by atoms with Gasteiger partial charge in [-0.25, -0.2) is 4.99 Å². The number of carbonyl (C=O) groups is 1. The monoisotopic (exact) mass is 393 g/mol. The van der Waals surface area contributed by atoms with Crippen LogP contribution in [0.15, 0.2) is 52.8 Å². The van der Waals surface area contributed by atoms with Crippen LogP contribution in [-0.4, -0.2) is 17.1 Å². The molecule has 0 aliphatic carbocycles. The lowest BCUT2D eigenvalue weighted by atomic mass is 10.1. The first kappa shape index (κ1) is 18.5. The molecule has 0 saturated carbocycles. The van der Waals surface area contributed by atoms with Crippen LogP contribution < -0.4 is 14.9 Å². The van der Waals surface area contributed by atoms with Gasteiger partial charge in [-0.15, -0.1) is 11.3 Å². The van der Waals surface area contributed by atoms with Crippen LogP contribution in [0.2, 0.25) is 0 Å². The molecule has 0 radical (unpaired) electrons. The van der Waals surface area contributed by atoms with E-state index in [1.807, 2.05) is 36.4 Å². The van der Waals surface area contributed by atoms with Crippen molar-refractivity contribution in [2.45, 2.75) is 33.2 Å². The zero-order valence-corrected chi connectivity index (χ0v) is 16.9. The maximum absolute atomic E-state index is 11.7. The van der Waals surface area contributed by atoms with E-state index >= 15 is 0 Å². The average molecular weight is 394 g/mol. The van der Waals surface area contributed by atoms with E-state index in [0.29, 0.717) is 5.75 Å². The number of para-hydroxylation sites is 1. The van der Waals surface area contributed by atoms with Gasteiger partial charge in [0.25, 0.3) is 5.91 Å². The van der Waals surface area contributed by atoms with E-state index in [-0.39, 0.29) is 12.5 Å². The van der Waals surface area contributed by atoms with Crippen molar-refractivity contribution >= 4 is 28.6 Å². The zero-order valence-electron chi connectivity index (χ0n) is 16.1. The first-order chi connectivity index (χ1) is 13.7. The molecule has 28 heavy (non-hydrogen) atoms. The van der Waals surface area contributed by atoms with Crippen LogP contribution in [-0.2, 0) is 11.3 Å². The summed E-state index contributed by atoms with van der Waals surface area (Å²) in [6.45, 7) is 5.24. The first-order valence-electron chi connectivity index (χ1n) is 9.51. The fourth-order valence-electron chi connectivity index (χ4n) is 3.22. The van der Waals surface area contributed by atoms with E-state index in [0.717, 1.165) is 52.4 Å². The Balaban J connectivity index is 1.80.